The van der Waals surface area contributed by atoms with Crippen LogP contribution in [0.25, 0.3) is 0 Å². The van der Waals surface area contributed by atoms with E-state index < -0.39 is 10.0 Å². The minimum absolute atomic E-state index is 0.0175. The molecule has 2 atom stereocenters. The van der Waals surface area contributed by atoms with Gasteiger partial charge in [0.05, 0.1) is 13.2 Å². The van der Waals surface area contributed by atoms with E-state index in [2.05, 4.69) is 12.2 Å². The molecule has 0 amide bonds. The van der Waals surface area contributed by atoms with Gasteiger partial charge in [-0.1, -0.05) is 0 Å². The number of hydrogen-bond acceptors (Lipinski definition) is 5. The maximum atomic E-state index is 11.9. The molecular weight excluding hydrogens is 280 g/mol. The van der Waals surface area contributed by atoms with E-state index >= 15 is 0 Å². The molecule has 7 heteroatoms. The second kappa shape index (κ2) is 6.26. The van der Waals surface area contributed by atoms with E-state index in [9.17, 15) is 8.42 Å². The smallest absolute Gasteiger partial charge is 0.275 e. The van der Waals surface area contributed by atoms with Crippen molar-refractivity contribution in [2.45, 2.75) is 31.0 Å². The highest BCUT2D eigenvalue weighted by Crippen LogP contribution is 2.19. The lowest BCUT2D eigenvalue weighted by Gasteiger charge is -2.18. The molecule has 2 rings (SSSR count). The molecule has 1 saturated heterocycles. The quantitative estimate of drug-likeness (QED) is 0.850. The fraction of sp³-hybridized carbons (Fsp3) is 0.692. The third-order valence-electron chi connectivity index (χ3n) is 3.64. The third kappa shape index (κ3) is 3.41. The van der Waals surface area contributed by atoms with Gasteiger partial charge in [0, 0.05) is 26.7 Å². The molecule has 2 heterocycles. The molecule has 114 valence electrons. The second-order valence-electron chi connectivity index (χ2n) is 5.30. The molecule has 1 aromatic heterocycles. The normalized spacial score (nSPS) is 21.5. The Balaban J connectivity index is 1.93. The van der Waals surface area contributed by atoms with Gasteiger partial charge in [0.2, 0.25) is 5.09 Å². The molecule has 0 spiro atoms. The predicted molar refractivity (Wildman–Crippen MR) is 74.8 cm³/mol. The topological polar surface area (TPSA) is 71.8 Å². The minimum Gasteiger partial charge on any atom is -0.447 e. The molecule has 0 aliphatic carbocycles. The Labute approximate surface area is 120 Å². The summed E-state index contributed by atoms with van der Waals surface area (Å²) in [7, 11) is -0.523. The lowest BCUT2D eigenvalue weighted by atomic mass is 10.0. The molecule has 0 bridgehead atoms. The Morgan fingerprint density at radius 3 is 2.80 bits per heavy atom. The summed E-state index contributed by atoms with van der Waals surface area (Å²) < 4.78 is 35.7. The molecule has 20 heavy (non-hydrogen) atoms. The number of nitrogens with one attached hydrogen (secondary N) is 1. The zero-order chi connectivity index (χ0) is 14.8. The highest BCUT2D eigenvalue weighted by molar-refractivity contribution is 7.88. The number of hydrogen-bond donors (Lipinski definition) is 1. The first-order chi connectivity index (χ1) is 9.41. The average molecular weight is 302 g/mol. The SMILES string of the molecule is CC(NCc1ccc(S(=O)(=O)N(C)C)o1)C1CCOC1. The number of rotatable bonds is 6. The average Bonchev–Trinajstić information content (AvgIpc) is 3.07. The number of ether oxygens (including phenoxy) is 1. The van der Waals surface area contributed by atoms with E-state index in [0.29, 0.717) is 24.3 Å². The van der Waals surface area contributed by atoms with Crippen molar-refractivity contribution < 1.29 is 17.6 Å². The summed E-state index contributed by atoms with van der Waals surface area (Å²) in [6.45, 7) is 4.23. The van der Waals surface area contributed by atoms with Crippen LogP contribution >= 0.6 is 0 Å². The van der Waals surface area contributed by atoms with E-state index in [0.717, 1.165) is 23.9 Å². The van der Waals surface area contributed by atoms with Crippen molar-refractivity contribution in [3.63, 3.8) is 0 Å². The van der Waals surface area contributed by atoms with Crippen LogP contribution in [0.4, 0.5) is 0 Å². The van der Waals surface area contributed by atoms with Crippen LogP contribution in [0.1, 0.15) is 19.1 Å². The van der Waals surface area contributed by atoms with Gasteiger partial charge in [-0.25, -0.2) is 12.7 Å². The van der Waals surface area contributed by atoms with Crippen molar-refractivity contribution in [1.29, 1.82) is 0 Å². The van der Waals surface area contributed by atoms with Crippen LogP contribution in [0.5, 0.6) is 0 Å². The van der Waals surface area contributed by atoms with Crippen LogP contribution in [0.15, 0.2) is 21.6 Å². The fourth-order valence-corrected chi connectivity index (χ4v) is 2.96. The van der Waals surface area contributed by atoms with Crippen LogP contribution in [0.2, 0.25) is 0 Å². The van der Waals surface area contributed by atoms with Crippen molar-refractivity contribution in [2.24, 2.45) is 5.92 Å². The van der Waals surface area contributed by atoms with Gasteiger partial charge >= 0.3 is 0 Å². The molecule has 1 fully saturated rings. The van der Waals surface area contributed by atoms with Crippen molar-refractivity contribution in [1.82, 2.24) is 9.62 Å². The maximum absolute atomic E-state index is 11.9. The molecule has 1 aliphatic heterocycles. The maximum Gasteiger partial charge on any atom is 0.275 e. The fourth-order valence-electron chi connectivity index (χ4n) is 2.15. The molecule has 2 unspecified atom stereocenters. The third-order valence-corrected chi connectivity index (χ3v) is 5.33. The van der Waals surface area contributed by atoms with Gasteiger partial charge in [0.25, 0.3) is 10.0 Å². The lowest BCUT2D eigenvalue weighted by Crippen LogP contribution is -2.33. The van der Waals surface area contributed by atoms with Crippen LogP contribution in [-0.4, -0.2) is 46.1 Å². The number of furan rings is 1. The van der Waals surface area contributed by atoms with Gasteiger partial charge in [-0.3, -0.25) is 0 Å². The second-order valence-corrected chi connectivity index (χ2v) is 7.38. The van der Waals surface area contributed by atoms with Gasteiger partial charge in [-0.2, -0.15) is 0 Å². The van der Waals surface area contributed by atoms with Gasteiger partial charge in [-0.05, 0) is 31.4 Å². The Morgan fingerprint density at radius 1 is 1.45 bits per heavy atom. The summed E-state index contributed by atoms with van der Waals surface area (Å²) in [5.41, 5.74) is 0. The number of nitrogens with zero attached hydrogens (tertiary/aromatic N) is 1. The summed E-state index contributed by atoms with van der Waals surface area (Å²) in [6, 6.07) is 3.51. The van der Waals surface area contributed by atoms with Gasteiger partial charge in [0.15, 0.2) is 0 Å². The van der Waals surface area contributed by atoms with Crippen molar-refractivity contribution in [3.05, 3.63) is 17.9 Å². The van der Waals surface area contributed by atoms with Crippen molar-refractivity contribution in [2.75, 3.05) is 27.3 Å². The molecule has 0 saturated carbocycles. The lowest BCUT2D eigenvalue weighted by molar-refractivity contribution is 0.177. The zero-order valence-electron chi connectivity index (χ0n) is 12.1. The predicted octanol–water partition coefficient (Wildman–Crippen LogP) is 1.04. The summed E-state index contributed by atoms with van der Waals surface area (Å²) >= 11 is 0. The van der Waals surface area contributed by atoms with Crippen molar-refractivity contribution >= 4 is 10.0 Å². The Morgan fingerprint density at radius 2 is 2.20 bits per heavy atom. The van der Waals surface area contributed by atoms with Crippen LogP contribution in [-0.2, 0) is 21.3 Å². The molecule has 0 aromatic carbocycles. The van der Waals surface area contributed by atoms with E-state index in [1.54, 1.807) is 6.07 Å². The van der Waals surface area contributed by atoms with Crippen molar-refractivity contribution in [3.8, 4) is 0 Å². The van der Waals surface area contributed by atoms with Gasteiger partial charge in [0.1, 0.15) is 5.76 Å². The van der Waals surface area contributed by atoms with Gasteiger partial charge in [-0.15, -0.1) is 0 Å². The molecule has 1 aromatic rings. The van der Waals surface area contributed by atoms with Crippen LogP contribution < -0.4 is 5.32 Å². The summed E-state index contributed by atoms with van der Waals surface area (Å²) in [5, 5.41) is 3.34. The minimum atomic E-state index is -3.49. The highest BCUT2D eigenvalue weighted by atomic mass is 32.2. The Bertz CT molecular complexity index is 532. The van der Waals surface area contributed by atoms with Crippen LogP contribution in [0.3, 0.4) is 0 Å². The Hall–Kier alpha value is -0.890. The summed E-state index contributed by atoms with van der Waals surface area (Å²) in [6.07, 6.45) is 1.06. The Kier molecular flexibility index (Phi) is 4.85. The van der Waals surface area contributed by atoms with Gasteiger partial charge < -0.3 is 14.5 Å². The molecule has 0 radical (unpaired) electrons. The van der Waals surface area contributed by atoms with E-state index in [-0.39, 0.29) is 5.09 Å². The first-order valence-electron chi connectivity index (χ1n) is 6.73. The summed E-state index contributed by atoms with van der Waals surface area (Å²) in [4.78, 5) is 0. The highest BCUT2D eigenvalue weighted by Gasteiger charge is 2.23. The standard InChI is InChI=1S/C13H22N2O4S/c1-10(11-6-7-18-9-11)14-8-12-4-5-13(19-12)20(16,17)15(2)3/h4-5,10-11,14H,6-9H2,1-3H3. The van der Waals surface area contributed by atoms with E-state index in [1.807, 2.05) is 0 Å². The number of sulfonamides is 1. The first kappa shape index (κ1) is 15.5. The molecule has 1 aliphatic rings. The largest absolute Gasteiger partial charge is 0.447 e. The molecule has 6 nitrogen and oxygen atoms in total. The first-order valence-corrected chi connectivity index (χ1v) is 8.17. The molecular formula is C13H22N2O4S. The molecule has 1 N–H and O–H groups in total. The van der Waals surface area contributed by atoms with E-state index in [1.165, 1.54) is 20.2 Å². The van der Waals surface area contributed by atoms with Crippen LogP contribution in [0, 0.1) is 5.92 Å². The summed E-state index contributed by atoms with van der Waals surface area (Å²) in [5.74, 6) is 1.13. The monoisotopic (exact) mass is 302 g/mol. The van der Waals surface area contributed by atoms with E-state index in [4.69, 9.17) is 9.15 Å². The zero-order valence-corrected chi connectivity index (χ0v) is 12.9.